The van der Waals surface area contributed by atoms with Gasteiger partial charge in [-0.3, -0.25) is 0 Å². The Bertz CT molecular complexity index is 501. The predicted octanol–water partition coefficient (Wildman–Crippen LogP) is 3.35. The SMILES string of the molecule is CC(C)(C)C1CC(c2cccc(C#N)c2)=CCN1. The molecule has 0 aliphatic carbocycles. The van der Waals surface area contributed by atoms with Crippen LogP contribution in [0.15, 0.2) is 30.3 Å². The van der Waals surface area contributed by atoms with E-state index in [9.17, 15) is 0 Å². The number of hydrogen-bond acceptors (Lipinski definition) is 2. The molecule has 0 radical (unpaired) electrons. The van der Waals surface area contributed by atoms with Gasteiger partial charge in [-0.15, -0.1) is 0 Å². The maximum atomic E-state index is 8.96. The van der Waals surface area contributed by atoms with Crippen LogP contribution in [-0.4, -0.2) is 12.6 Å². The first-order valence-corrected chi connectivity index (χ1v) is 6.43. The fourth-order valence-corrected chi connectivity index (χ4v) is 2.34. The lowest BCUT2D eigenvalue weighted by atomic mass is 9.80. The number of hydrogen-bond donors (Lipinski definition) is 1. The summed E-state index contributed by atoms with van der Waals surface area (Å²) in [6, 6.07) is 10.6. The smallest absolute Gasteiger partial charge is 0.0991 e. The highest BCUT2D eigenvalue weighted by molar-refractivity contribution is 5.68. The van der Waals surface area contributed by atoms with Crippen LogP contribution in [0.4, 0.5) is 0 Å². The van der Waals surface area contributed by atoms with Crippen molar-refractivity contribution in [2.45, 2.75) is 33.2 Å². The van der Waals surface area contributed by atoms with Crippen LogP contribution in [0.25, 0.3) is 5.57 Å². The molecule has 1 aromatic rings. The van der Waals surface area contributed by atoms with E-state index in [1.807, 2.05) is 18.2 Å². The Morgan fingerprint density at radius 2 is 2.11 bits per heavy atom. The maximum Gasteiger partial charge on any atom is 0.0991 e. The Kier molecular flexibility index (Phi) is 3.54. The van der Waals surface area contributed by atoms with Crippen molar-refractivity contribution in [1.29, 1.82) is 5.26 Å². The van der Waals surface area contributed by atoms with Crippen LogP contribution < -0.4 is 5.32 Å². The number of benzene rings is 1. The molecule has 0 amide bonds. The lowest BCUT2D eigenvalue weighted by molar-refractivity contribution is 0.274. The molecule has 0 saturated carbocycles. The fourth-order valence-electron chi connectivity index (χ4n) is 2.34. The van der Waals surface area contributed by atoms with Gasteiger partial charge in [0.25, 0.3) is 0 Å². The average molecular weight is 240 g/mol. The Labute approximate surface area is 109 Å². The van der Waals surface area contributed by atoms with E-state index >= 15 is 0 Å². The second-order valence-corrected chi connectivity index (χ2v) is 5.95. The minimum atomic E-state index is 0.256. The van der Waals surface area contributed by atoms with Crippen LogP contribution in [0.3, 0.4) is 0 Å². The Morgan fingerprint density at radius 3 is 2.78 bits per heavy atom. The van der Waals surface area contributed by atoms with E-state index in [0.717, 1.165) is 18.5 Å². The third-order valence-electron chi connectivity index (χ3n) is 3.54. The summed E-state index contributed by atoms with van der Waals surface area (Å²) >= 11 is 0. The first-order chi connectivity index (χ1) is 8.50. The van der Waals surface area contributed by atoms with Crippen LogP contribution in [-0.2, 0) is 0 Å². The predicted molar refractivity (Wildman–Crippen MR) is 75.0 cm³/mol. The second-order valence-electron chi connectivity index (χ2n) is 5.95. The standard InChI is InChI=1S/C16H20N2/c1-16(2,3)15-10-14(7-8-18-15)13-6-4-5-12(9-13)11-17/h4-7,9,15,18H,8,10H2,1-3H3. The van der Waals surface area contributed by atoms with Gasteiger partial charge in [0.15, 0.2) is 0 Å². The summed E-state index contributed by atoms with van der Waals surface area (Å²) in [6.45, 7) is 7.70. The zero-order chi connectivity index (χ0) is 13.2. The highest BCUT2D eigenvalue weighted by Gasteiger charge is 2.27. The van der Waals surface area contributed by atoms with Gasteiger partial charge in [-0.05, 0) is 35.1 Å². The van der Waals surface area contributed by atoms with Gasteiger partial charge < -0.3 is 5.32 Å². The third-order valence-corrected chi connectivity index (χ3v) is 3.54. The van der Waals surface area contributed by atoms with Gasteiger partial charge in [-0.1, -0.05) is 39.0 Å². The topological polar surface area (TPSA) is 35.8 Å². The molecule has 1 unspecified atom stereocenters. The molecule has 1 atom stereocenters. The molecule has 94 valence electrons. The molecule has 0 spiro atoms. The van der Waals surface area contributed by atoms with Gasteiger partial charge in [0, 0.05) is 12.6 Å². The second kappa shape index (κ2) is 4.96. The summed E-state index contributed by atoms with van der Waals surface area (Å²) in [4.78, 5) is 0. The summed E-state index contributed by atoms with van der Waals surface area (Å²) in [5.41, 5.74) is 3.53. The van der Waals surface area contributed by atoms with Gasteiger partial charge in [0.2, 0.25) is 0 Å². The van der Waals surface area contributed by atoms with Crippen molar-refractivity contribution >= 4 is 5.57 Å². The van der Waals surface area contributed by atoms with Gasteiger partial charge in [0.1, 0.15) is 0 Å². The minimum Gasteiger partial charge on any atom is -0.310 e. The lowest BCUT2D eigenvalue weighted by Crippen LogP contribution is -2.42. The van der Waals surface area contributed by atoms with Crippen molar-refractivity contribution in [3.63, 3.8) is 0 Å². The van der Waals surface area contributed by atoms with Gasteiger partial charge in [-0.25, -0.2) is 0 Å². The molecule has 1 N–H and O–H groups in total. The van der Waals surface area contributed by atoms with E-state index in [1.54, 1.807) is 0 Å². The summed E-state index contributed by atoms with van der Waals surface area (Å²) in [7, 11) is 0. The molecule has 0 fully saturated rings. The van der Waals surface area contributed by atoms with Gasteiger partial charge in [-0.2, -0.15) is 5.26 Å². The summed E-state index contributed by atoms with van der Waals surface area (Å²) in [6.07, 6.45) is 3.26. The Balaban J connectivity index is 2.24. The van der Waals surface area contributed by atoms with Crippen molar-refractivity contribution < 1.29 is 0 Å². The van der Waals surface area contributed by atoms with Gasteiger partial charge >= 0.3 is 0 Å². The number of nitrogens with one attached hydrogen (secondary N) is 1. The Morgan fingerprint density at radius 1 is 1.33 bits per heavy atom. The highest BCUT2D eigenvalue weighted by atomic mass is 14.9. The quantitative estimate of drug-likeness (QED) is 0.817. The van der Waals surface area contributed by atoms with Crippen LogP contribution in [0.5, 0.6) is 0 Å². The van der Waals surface area contributed by atoms with Crippen molar-refractivity contribution in [1.82, 2.24) is 5.32 Å². The van der Waals surface area contributed by atoms with Crippen LogP contribution >= 0.6 is 0 Å². The van der Waals surface area contributed by atoms with E-state index in [1.165, 1.54) is 11.1 Å². The first-order valence-electron chi connectivity index (χ1n) is 6.43. The van der Waals surface area contributed by atoms with Crippen molar-refractivity contribution in [3.05, 3.63) is 41.5 Å². The molecule has 0 bridgehead atoms. The molecular formula is C16H20N2. The van der Waals surface area contributed by atoms with Gasteiger partial charge in [0.05, 0.1) is 11.6 Å². The van der Waals surface area contributed by atoms with Crippen LogP contribution in [0, 0.1) is 16.7 Å². The zero-order valence-corrected chi connectivity index (χ0v) is 11.3. The molecule has 2 nitrogen and oxygen atoms in total. The van der Waals surface area contributed by atoms with Crippen LogP contribution in [0.1, 0.15) is 38.3 Å². The van der Waals surface area contributed by atoms with Crippen molar-refractivity contribution in [3.8, 4) is 6.07 Å². The van der Waals surface area contributed by atoms with E-state index < -0.39 is 0 Å². The monoisotopic (exact) mass is 240 g/mol. The van der Waals surface area contributed by atoms with E-state index in [4.69, 9.17) is 5.26 Å². The summed E-state index contributed by atoms with van der Waals surface area (Å²) in [5, 5.41) is 12.5. The number of rotatable bonds is 1. The molecule has 0 aromatic heterocycles. The third kappa shape index (κ3) is 2.80. The number of nitrogens with zero attached hydrogens (tertiary/aromatic N) is 1. The fraction of sp³-hybridized carbons (Fsp3) is 0.438. The molecule has 18 heavy (non-hydrogen) atoms. The minimum absolute atomic E-state index is 0.256. The Hall–Kier alpha value is -1.59. The van der Waals surface area contributed by atoms with Crippen LogP contribution in [0.2, 0.25) is 0 Å². The van der Waals surface area contributed by atoms with Crippen molar-refractivity contribution in [2.75, 3.05) is 6.54 Å². The zero-order valence-electron chi connectivity index (χ0n) is 11.3. The first kappa shape index (κ1) is 12.9. The molecule has 1 aliphatic rings. The molecular weight excluding hydrogens is 220 g/mol. The summed E-state index contributed by atoms with van der Waals surface area (Å²) in [5.74, 6) is 0. The molecule has 2 rings (SSSR count). The maximum absolute atomic E-state index is 8.96. The molecule has 1 heterocycles. The van der Waals surface area contributed by atoms with Crippen molar-refractivity contribution in [2.24, 2.45) is 5.41 Å². The highest BCUT2D eigenvalue weighted by Crippen LogP contribution is 2.31. The largest absolute Gasteiger partial charge is 0.310 e. The van der Waals surface area contributed by atoms with E-state index in [-0.39, 0.29) is 5.41 Å². The normalized spacial score (nSPS) is 20.1. The van der Waals surface area contributed by atoms with E-state index in [2.05, 4.69) is 44.3 Å². The summed E-state index contributed by atoms with van der Waals surface area (Å²) < 4.78 is 0. The van der Waals surface area contributed by atoms with E-state index in [0.29, 0.717) is 6.04 Å². The molecule has 1 aliphatic heterocycles. The number of nitriles is 1. The molecule has 0 saturated heterocycles. The average Bonchev–Trinajstić information content (AvgIpc) is 2.38. The lowest BCUT2D eigenvalue weighted by Gasteiger charge is -2.35. The molecule has 2 heteroatoms. The molecule has 1 aromatic carbocycles.